The zero-order chi connectivity index (χ0) is 20.7. The van der Waals surface area contributed by atoms with Gasteiger partial charge in [-0.3, -0.25) is 9.69 Å². The summed E-state index contributed by atoms with van der Waals surface area (Å²) >= 11 is 0. The van der Waals surface area contributed by atoms with Crippen LogP contribution in [0, 0.1) is 12.7 Å². The predicted molar refractivity (Wildman–Crippen MR) is 116 cm³/mol. The number of benzene rings is 2. The molecular weight excluding hydrogens is 379 g/mol. The maximum Gasteiger partial charge on any atom is 0.254 e. The van der Waals surface area contributed by atoms with E-state index in [1.54, 1.807) is 12.1 Å². The first kappa shape index (κ1) is 19.0. The Morgan fingerprint density at radius 1 is 1.23 bits per heavy atom. The van der Waals surface area contributed by atoms with Crippen molar-refractivity contribution in [2.75, 3.05) is 13.1 Å². The highest BCUT2D eigenvalue weighted by atomic mass is 19.1. The summed E-state index contributed by atoms with van der Waals surface area (Å²) in [7, 11) is 0. The summed E-state index contributed by atoms with van der Waals surface area (Å²) in [4.78, 5) is 14.8. The molecule has 0 spiro atoms. The van der Waals surface area contributed by atoms with E-state index >= 15 is 0 Å². The van der Waals surface area contributed by atoms with Gasteiger partial charge in [-0.2, -0.15) is 5.10 Å². The van der Waals surface area contributed by atoms with E-state index in [0.717, 1.165) is 37.9 Å². The molecule has 2 aromatic carbocycles. The molecule has 6 heteroatoms. The largest absolute Gasteiger partial charge is 0.342 e. The molecule has 3 aromatic rings. The topological polar surface area (TPSA) is 49.6 Å². The Balaban J connectivity index is 1.32. The van der Waals surface area contributed by atoms with Crippen LogP contribution in [0.3, 0.4) is 0 Å². The second-order valence-corrected chi connectivity index (χ2v) is 8.26. The Morgan fingerprint density at radius 2 is 2.07 bits per heavy atom. The van der Waals surface area contributed by atoms with E-state index in [0.29, 0.717) is 6.54 Å². The zero-order valence-corrected chi connectivity index (χ0v) is 17.1. The second kappa shape index (κ2) is 7.69. The number of hydrogen-bond acceptors (Lipinski definition) is 3. The van der Waals surface area contributed by atoms with Gasteiger partial charge in [-0.15, -0.1) is 0 Å². The third kappa shape index (κ3) is 3.41. The van der Waals surface area contributed by atoms with Crippen molar-refractivity contribution in [3.63, 3.8) is 0 Å². The number of carbonyl (C=O) groups is 1. The lowest BCUT2D eigenvalue weighted by molar-refractivity contribution is -0.123. The van der Waals surface area contributed by atoms with Gasteiger partial charge >= 0.3 is 0 Å². The van der Waals surface area contributed by atoms with Gasteiger partial charge in [-0.25, -0.2) is 9.82 Å². The van der Waals surface area contributed by atoms with Crippen molar-refractivity contribution >= 4 is 23.0 Å². The van der Waals surface area contributed by atoms with Crippen molar-refractivity contribution in [2.45, 2.75) is 38.8 Å². The van der Waals surface area contributed by atoms with Crippen LogP contribution >= 0.6 is 0 Å². The molecule has 2 heterocycles. The minimum absolute atomic E-state index is 0.124. The van der Waals surface area contributed by atoms with Gasteiger partial charge in [0.15, 0.2) is 0 Å². The summed E-state index contributed by atoms with van der Waals surface area (Å²) in [5, 5.41) is 5.41. The lowest BCUT2D eigenvalue weighted by Crippen LogP contribution is -2.44. The van der Waals surface area contributed by atoms with E-state index in [1.807, 2.05) is 0 Å². The highest BCUT2D eigenvalue weighted by molar-refractivity contribution is 5.87. The first-order valence-electron chi connectivity index (χ1n) is 10.5. The maximum atomic E-state index is 13.0. The minimum atomic E-state index is -0.291. The van der Waals surface area contributed by atoms with Crippen molar-refractivity contribution in [1.82, 2.24) is 14.9 Å². The Morgan fingerprint density at radius 3 is 2.90 bits per heavy atom. The second-order valence-electron chi connectivity index (χ2n) is 8.26. The molecule has 154 valence electrons. The van der Waals surface area contributed by atoms with Crippen LogP contribution in [0.25, 0.3) is 10.9 Å². The summed E-state index contributed by atoms with van der Waals surface area (Å²) in [6, 6.07) is 13.0. The van der Waals surface area contributed by atoms with Crippen molar-refractivity contribution < 1.29 is 9.18 Å². The van der Waals surface area contributed by atoms with Crippen molar-refractivity contribution in [1.29, 1.82) is 0 Å². The summed E-state index contributed by atoms with van der Waals surface area (Å²) in [6.45, 7) is 4.22. The van der Waals surface area contributed by atoms with E-state index in [1.165, 1.54) is 46.1 Å². The number of hydrazone groups is 1. The summed E-state index contributed by atoms with van der Waals surface area (Å²) in [5.74, 6) is -0.415. The Bertz CT molecular complexity index is 1130. The van der Waals surface area contributed by atoms with Crippen LogP contribution in [-0.4, -0.2) is 34.7 Å². The fourth-order valence-electron chi connectivity index (χ4n) is 4.93. The molecule has 2 aliphatic rings. The zero-order valence-electron chi connectivity index (χ0n) is 17.1. The smallest absolute Gasteiger partial charge is 0.254 e. The Hall–Kier alpha value is -2.99. The van der Waals surface area contributed by atoms with Crippen LogP contribution in [0.2, 0.25) is 0 Å². The lowest BCUT2D eigenvalue weighted by atomic mass is 9.89. The molecule has 1 aliphatic carbocycles. The van der Waals surface area contributed by atoms with Crippen LogP contribution in [0.1, 0.15) is 41.3 Å². The fraction of sp³-hybridized carbons (Fsp3) is 0.333. The van der Waals surface area contributed by atoms with Gasteiger partial charge in [0.1, 0.15) is 5.82 Å². The van der Waals surface area contributed by atoms with E-state index in [2.05, 4.69) is 45.1 Å². The number of carbonyl (C=O) groups excluding carboxylic acids is 1. The molecule has 0 bridgehead atoms. The number of amides is 1. The lowest BCUT2D eigenvalue weighted by Gasteiger charge is -2.39. The summed E-state index contributed by atoms with van der Waals surface area (Å²) < 4.78 is 15.4. The quantitative estimate of drug-likeness (QED) is 0.529. The van der Waals surface area contributed by atoms with Crippen LogP contribution in [0.4, 0.5) is 4.39 Å². The number of nitrogens with zero attached hydrogens (tertiary/aromatic N) is 3. The van der Waals surface area contributed by atoms with Gasteiger partial charge in [0.05, 0.1) is 18.8 Å². The van der Waals surface area contributed by atoms with Gasteiger partial charge in [-0.05, 0) is 61.6 Å². The van der Waals surface area contributed by atoms with E-state index in [4.69, 9.17) is 0 Å². The molecule has 1 aromatic heterocycles. The standard InChI is InChI=1S/C24H25FN4O/c1-16-5-10-21-20(13-16)19-3-2-4-22-24(19)29(21)12-11-28(22)15-23(30)27-26-14-17-6-8-18(25)9-7-17/h5-10,13-14,22H,2-4,11-12,15H2,1H3,(H,27,30)/b26-14-/t22-/m0/s1. The molecule has 1 amide bonds. The number of aromatic nitrogens is 1. The van der Waals surface area contributed by atoms with Crippen LogP contribution in [0.15, 0.2) is 47.6 Å². The molecule has 0 saturated heterocycles. The molecule has 1 atom stereocenters. The fourth-order valence-corrected chi connectivity index (χ4v) is 4.93. The number of hydrogen-bond donors (Lipinski definition) is 1. The normalized spacial score (nSPS) is 18.7. The van der Waals surface area contributed by atoms with Crippen molar-refractivity contribution in [3.8, 4) is 0 Å². The van der Waals surface area contributed by atoms with Crippen LogP contribution < -0.4 is 5.43 Å². The third-order valence-electron chi connectivity index (χ3n) is 6.26. The first-order chi connectivity index (χ1) is 14.6. The van der Waals surface area contributed by atoms with E-state index < -0.39 is 0 Å². The van der Waals surface area contributed by atoms with Crippen LogP contribution in [0.5, 0.6) is 0 Å². The molecular formula is C24H25FN4O. The number of aryl methyl sites for hydroxylation is 2. The van der Waals surface area contributed by atoms with Gasteiger partial charge in [0, 0.05) is 29.7 Å². The average molecular weight is 404 g/mol. The highest BCUT2D eigenvalue weighted by Crippen LogP contribution is 2.42. The predicted octanol–water partition coefficient (Wildman–Crippen LogP) is 3.93. The van der Waals surface area contributed by atoms with Crippen molar-refractivity contribution in [3.05, 3.63) is 70.7 Å². The minimum Gasteiger partial charge on any atom is -0.342 e. The van der Waals surface area contributed by atoms with Gasteiger partial charge in [0.25, 0.3) is 5.91 Å². The number of fused-ring (bicyclic) bond motifs is 3. The Kier molecular flexibility index (Phi) is 4.87. The molecule has 0 saturated carbocycles. The SMILES string of the molecule is Cc1ccc2c(c1)c1c3n2CCN(CC(=O)N/N=C\c2ccc(F)cc2)[C@H]3CCC1. The average Bonchev–Trinajstić information content (AvgIpc) is 3.06. The third-order valence-corrected chi connectivity index (χ3v) is 6.26. The molecule has 1 N–H and O–H groups in total. The molecule has 30 heavy (non-hydrogen) atoms. The molecule has 0 radical (unpaired) electrons. The number of halogens is 1. The van der Waals surface area contributed by atoms with Gasteiger partial charge < -0.3 is 4.57 Å². The number of nitrogens with one attached hydrogen (secondary N) is 1. The molecule has 0 fully saturated rings. The molecule has 5 rings (SSSR count). The van der Waals surface area contributed by atoms with Gasteiger partial charge in [0.2, 0.25) is 0 Å². The van der Waals surface area contributed by atoms with Crippen LogP contribution in [-0.2, 0) is 17.8 Å². The maximum absolute atomic E-state index is 13.0. The summed E-state index contributed by atoms with van der Waals surface area (Å²) in [6.07, 6.45) is 4.87. The monoisotopic (exact) mass is 404 g/mol. The molecule has 5 nitrogen and oxygen atoms in total. The Labute approximate surface area is 175 Å². The summed E-state index contributed by atoms with van der Waals surface area (Å²) in [5.41, 5.74) is 8.84. The van der Waals surface area contributed by atoms with Gasteiger partial charge in [-0.1, -0.05) is 23.8 Å². The first-order valence-corrected chi connectivity index (χ1v) is 10.5. The van der Waals surface area contributed by atoms with E-state index in [-0.39, 0.29) is 17.8 Å². The molecule has 1 aliphatic heterocycles. The van der Waals surface area contributed by atoms with Crippen molar-refractivity contribution in [2.24, 2.45) is 5.10 Å². The molecule has 0 unspecified atom stereocenters. The van der Waals surface area contributed by atoms with E-state index in [9.17, 15) is 9.18 Å². The number of rotatable bonds is 4. The highest BCUT2D eigenvalue weighted by Gasteiger charge is 2.35.